The van der Waals surface area contributed by atoms with Gasteiger partial charge in [0.15, 0.2) is 0 Å². The highest BCUT2D eigenvalue weighted by Gasteiger charge is 2.55. The van der Waals surface area contributed by atoms with E-state index in [0.29, 0.717) is 5.92 Å². The number of carbonyl (C=O) groups is 1. The third-order valence-corrected chi connectivity index (χ3v) is 2.90. The van der Waals surface area contributed by atoms with E-state index in [4.69, 9.17) is 5.11 Å². The van der Waals surface area contributed by atoms with Crippen LogP contribution in [0.1, 0.15) is 19.3 Å². The van der Waals surface area contributed by atoms with Crippen LogP contribution < -0.4 is 5.32 Å². The zero-order valence-corrected chi connectivity index (χ0v) is 6.99. The van der Waals surface area contributed by atoms with Crippen LogP contribution in [-0.2, 0) is 4.79 Å². The molecule has 2 aliphatic rings. The zero-order chi connectivity index (χ0) is 7.19. The second-order valence-corrected chi connectivity index (χ2v) is 3.23. The molecular formula is C7H12ClNO2. The van der Waals surface area contributed by atoms with E-state index < -0.39 is 11.5 Å². The highest BCUT2D eigenvalue weighted by Crippen LogP contribution is 2.44. The molecule has 0 amide bonds. The molecule has 1 aliphatic heterocycles. The van der Waals surface area contributed by atoms with Gasteiger partial charge in [0.05, 0.1) is 0 Å². The summed E-state index contributed by atoms with van der Waals surface area (Å²) in [6, 6.07) is 0. The van der Waals surface area contributed by atoms with Crippen LogP contribution >= 0.6 is 12.4 Å². The number of rotatable bonds is 1. The molecule has 0 bridgehead atoms. The van der Waals surface area contributed by atoms with Crippen LogP contribution in [0, 0.1) is 5.92 Å². The predicted octanol–water partition coefficient (Wildman–Crippen LogP) is 0.635. The number of aliphatic carboxylic acids is 1. The third kappa shape index (κ3) is 0.948. The zero-order valence-electron chi connectivity index (χ0n) is 6.17. The number of hydrogen-bond acceptors (Lipinski definition) is 2. The summed E-state index contributed by atoms with van der Waals surface area (Å²) in [5, 5.41) is 11.9. The van der Waals surface area contributed by atoms with Gasteiger partial charge in [-0.3, -0.25) is 4.79 Å². The molecule has 0 radical (unpaired) electrons. The van der Waals surface area contributed by atoms with Crippen molar-refractivity contribution in [2.24, 2.45) is 5.92 Å². The van der Waals surface area contributed by atoms with Gasteiger partial charge in [-0.15, -0.1) is 12.4 Å². The molecule has 0 aromatic carbocycles. The maximum atomic E-state index is 10.7. The molecule has 0 aromatic heterocycles. The third-order valence-electron chi connectivity index (χ3n) is 2.90. The fraction of sp³-hybridized carbons (Fsp3) is 0.857. The van der Waals surface area contributed by atoms with E-state index in [1.807, 2.05) is 0 Å². The topological polar surface area (TPSA) is 49.3 Å². The number of hydrogen-bond donors (Lipinski definition) is 2. The van der Waals surface area contributed by atoms with E-state index in [0.717, 1.165) is 25.8 Å². The van der Waals surface area contributed by atoms with E-state index in [1.165, 1.54) is 0 Å². The Morgan fingerprint density at radius 2 is 2.27 bits per heavy atom. The van der Waals surface area contributed by atoms with Gasteiger partial charge >= 0.3 is 5.97 Å². The van der Waals surface area contributed by atoms with Crippen LogP contribution in [0.5, 0.6) is 0 Å². The molecule has 11 heavy (non-hydrogen) atoms. The Balaban J connectivity index is 0.000000605. The quantitative estimate of drug-likeness (QED) is 0.618. The summed E-state index contributed by atoms with van der Waals surface area (Å²) in [7, 11) is 0. The van der Waals surface area contributed by atoms with Gasteiger partial charge in [-0.2, -0.15) is 0 Å². The SMILES string of the molecule is Cl.O=C(O)C12CCC1CCN2. The van der Waals surface area contributed by atoms with Crippen LogP contribution in [0.3, 0.4) is 0 Å². The van der Waals surface area contributed by atoms with Gasteiger partial charge in [0.1, 0.15) is 5.54 Å². The largest absolute Gasteiger partial charge is 0.480 e. The van der Waals surface area contributed by atoms with Crippen molar-refractivity contribution in [2.75, 3.05) is 6.54 Å². The number of carboxylic acids is 1. The summed E-state index contributed by atoms with van der Waals surface area (Å²) in [5.74, 6) is -0.230. The predicted molar refractivity (Wildman–Crippen MR) is 43.0 cm³/mol. The van der Waals surface area contributed by atoms with Crippen LogP contribution in [-0.4, -0.2) is 23.2 Å². The normalized spacial score (nSPS) is 40.2. The molecule has 1 saturated carbocycles. The van der Waals surface area contributed by atoms with Gasteiger partial charge in [-0.25, -0.2) is 0 Å². The Labute approximate surface area is 71.6 Å². The Kier molecular flexibility index (Phi) is 2.12. The van der Waals surface area contributed by atoms with Gasteiger partial charge in [0.25, 0.3) is 0 Å². The van der Waals surface area contributed by atoms with Gasteiger partial charge in [0, 0.05) is 0 Å². The lowest BCUT2D eigenvalue weighted by molar-refractivity contribution is -0.150. The van der Waals surface area contributed by atoms with Crippen molar-refractivity contribution in [2.45, 2.75) is 24.8 Å². The average Bonchev–Trinajstić information content (AvgIpc) is 2.09. The van der Waals surface area contributed by atoms with E-state index in [-0.39, 0.29) is 12.4 Å². The summed E-state index contributed by atoms with van der Waals surface area (Å²) in [6.45, 7) is 0.886. The molecule has 3 nitrogen and oxygen atoms in total. The minimum absolute atomic E-state index is 0. The molecule has 2 rings (SSSR count). The van der Waals surface area contributed by atoms with Crippen LogP contribution in [0.2, 0.25) is 0 Å². The molecule has 4 heteroatoms. The molecule has 2 N–H and O–H groups in total. The van der Waals surface area contributed by atoms with Gasteiger partial charge in [0.2, 0.25) is 0 Å². The van der Waals surface area contributed by atoms with Gasteiger partial charge in [-0.05, 0) is 31.7 Å². The average molecular weight is 178 g/mol. The lowest BCUT2D eigenvalue weighted by atomic mass is 9.68. The van der Waals surface area contributed by atoms with Gasteiger partial charge < -0.3 is 10.4 Å². The second-order valence-electron chi connectivity index (χ2n) is 3.23. The van der Waals surface area contributed by atoms with Crippen molar-refractivity contribution in [3.8, 4) is 0 Å². The maximum absolute atomic E-state index is 10.7. The van der Waals surface area contributed by atoms with Crippen molar-refractivity contribution in [3.05, 3.63) is 0 Å². The molecule has 0 spiro atoms. The summed E-state index contributed by atoms with van der Waals surface area (Å²) in [6.07, 6.45) is 2.97. The molecule has 1 aliphatic carbocycles. The standard InChI is InChI=1S/C7H11NO2.ClH/c9-6(10)7-3-1-5(7)2-4-8-7;/h5,8H,1-4H2,(H,9,10);1H. The first kappa shape index (κ1) is 8.81. The van der Waals surface area contributed by atoms with Gasteiger partial charge in [-0.1, -0.05) is 0 Å². The lowest BCUT2D eigenvalue weighted by Crippen LogP contribution is -2.58. The van der Waals surface area contributed by atoms with Crippen LogP contribution in [0.15, 0.2) is 0 Å². The fourth-order valence-electron chi connectivity index (χ4n) is 2.09. The molecule has 1 saturated heterocycles. The van der Waals surface area contributed by atoms with Crippen molar-refractivity contribution in [3.63, 3.8) is 0 Å². The number of fused-ring (bicyclic) bond motifs is 1. The lowest BCUT2D eigenvalue weighted by Gasteiger charge is -2.40. The summed E-state index contributed by atoms with van der Waals surface area (Å²) >= 11 is 0. The molecule has 2 unspecified atom stereocenters. The van der Waals surface area contributed by atoms with Crippen molar-refractivity contribution >= 4 is 18.4 Å². The number of nitrogens with one attached hydrogen (secondary N) is 1. The minimum Gasteiger partial charge on any atom is -0.480 e. The Bertz CT molecular complexity index is 185. The van der Waals surface area contributed by atoms with Crippen molar-refractivity contribution in [1.82, 2.24) is 5.32 Å². The molecule has 2 atom stereocenters. The highest BCUT2D eigenvalue weighted by atomic mass is 35.5. The molecule has 2 fully saturated rings. The second kappa shape index (κ2) is 2.64. The maximum Gasteiger partial charge on any atom is 0.324 e. The molecule has 64 valence electrons. The van der Waals surface area contributed by atoms with Crippen LogP contribution in [0.25, 0.3) is 0 Å². The number of halogens is 1. The highest BCUT2D eigenvalue weighted by molar-refractivity contribution is 5.85. The summed E-state index contributed by atoms with van der Waals surface area (Å²) in [4.78, 5) is 10.7. The van der Waals surface area contributed by atoms with E-state index >= 15 is 0 Å². The smallest absolute Gasteiger partial charge is 0.324 e. The van der Waals surface area contributed by atoms with Crippen LogP contribution in [0.4, 0.5) is 0 Å². The Morgan fingerprint density at radius 1 is 1.55 bits per heavy atom. The molecule has 1 heterocycles. The van der Waals surface area contributed by atoms with E-state index in [9.17, 15) is 4.79 Å². The van der Waals surface area contributed by atoms with E-state index in [2.05, 4.69) is 5.32 Å². The van der Waals surface area contributed by atoms with E-state index in [1.54, 1.807) is 0 Å². The number of carboxylic acid groups (broad SMARTS) is 1. The first-order valence-electron chi connectivity index (χ1n) is 3.74. The Hall–Kier alpha value is -0.280. The summed E-state index contributed by atoms with van der Waals surface area (Å²) < 4.78 is 0. The fourth-order valence-corrected chi connectivity index (χ4v) is 2.09. The first-order chi connectivity index (χ1) is 4.76. The summed E-state index contributed by atoms with van der Waals surface area (Å²) in [5.41, 5.74) is -0.500. The molecular weight excluding hydrogens is 166 g/mol. The minimum atomic E-state index is -0.652. The molecule has 0 aromatic rings. The van der Waals surface area contributed by atoms with Crippen molar-refractivity contribution < 1.29 is 9.90 Å². The van der Waals surface area contributed by atoms with Crippen molar-refractivity contribution in [1.29, 1.82) is 0 Å². The first-order valence-corrected chi connectivity index (χ1v) is 3.74. The monoisotopic (exact) mass is 177 g/mol. The Morgan fingerprint density at radius 3 is 2.55 bits per heavy atom.